The van der Waals surface area contributed by atoms with Crippen LogP contribution < -0.4 is 16.4 Å². The van der Waals surface area contributed by atoms with Gasteiger partial charge in [0.15, 0.2) is 11.9 Å². The monoisotopic (exact) mass is 431 g/mol. The number of ether oxygens (including phenoxy) is 1. The van der Waals surface area contributed by atoms with Crippen molar-refractivity contribution in [3.05, 3.63) is 64.7 Å². The molecule has 0 fully saturated rings. The van der Waals surface area contributed by atoms with Crippen molar-refractivity contribution in [2.75, 3.05) is 5.32 Å². The molecule has 30 heavy (non-hydrogen) atoms. The molecule has 0 aliphatic heterocycles. The first-order chi connectivity index (χ1) is 14.2. The van der Waals surface area contributed by atoms with Crippen LogP contribution in [0.2, 0.25) is 5.02 Å². The minimum atomic E-state index is -1.11. The Hall–Kier alpha value is -3.39. The number of nitrogens with one attached hydrogen (secondary N) is 2. The first-order valence-electron chi connectivity index (χ1n) is 9.09. The second-order valence-electron chi connectivity index (χ2n) is 6.55. The van der Waals surface area contributed by atoms with Gasteiger partial charge in [-0.1, -0.05) is 41.9 Å². The van der Waals surface area contributed by atoms with E-state index in [1.165, 1.54) is 19.9 Å². The van der Waals surface area contributed by atoms with Crippen molar-refractivity contribution in [2.45, 2.75) is 32.4 Å². The van der Waals surface area contributed by atoms with E-state index in [4.69, 9.17) is 22.1 Å². The van der Waals surface area contributed by atoms with Crippen LogP contribution in [0, 0.1) is 0 Å². The van der Waals surface area contributed by atoms with Gasteiger partial charge >= 0.3 is 12.0 Å². The molecule has 9 heteroatoms. The van der Waals surface area contributed by atoms with E-state index < -0.39 is 30.1 Å². The topological polar surface area (TPSA) is 128 Å². The molecule has 0 saturated carbocycles. The summed E-state index contributed by atoms with van der Waals surface area (Å²) in [5.74, 6) is -1.44. The van der Waals surface area contributed by atoms with E-state index in [1.54, 1.807) is 42.5 Å². The number of esters is 1. The zero-order valence-corrected chi connectivity index (χ0v) is 17.2. The first kappa shape index (κ1) is 22.9. The van der Waals surface area contributed by atoms with E-state index in [1.807, 2.05) is 0 Å². The van der Waals surface area contributed by atoms with Crippen LogP contribution in [0.25, 0.3) is 0 Å². The van der Waals surface area contributed by atoms with Crippen molar-refractivity contribution in [3.8, 4) is 0 Å². The maximum absolute atomic E-state index is 12.3. The van der Waals surface area contributed by atoms with Crippen molar-refractivity contribution in [1.82, 2.24) is 5.32 Å². The molecule has 0 aromatic heterocycles. The zero-order chi connectivity index (χ0) is 22.3. The number of halogens is 1. The van der Waals surface area contributed by atoms with Crippen molar-refractivity contribution < 1.29 is 23.9 Å². The van der Waals surface area contributed by atoms with Crippen LogP contribution in [0.4, 0.5) is 10.5 Å². The van der Waals surface area contributed by atoms with E-state index in [-0.39, 0.29) is 12.2 Å². The summed E-state index contributed by atoms with van der Waals surface area (Å²) in [5.41, 5.74) is 6.53. The van der Waals surface area contributed by atoms with Crippen LogP contribution in [-0.2, 0) is 14.3 Å². The number of urea groups is 1. The third-order valence-corrected chi connectivity index (χ3v) is 4.53. The van der Waals surface area contributed by atoms with Gasteiger partial charge in [-0.15, -0.1) is 0 Å². The second-order valence-corrected chi connectivity index (χ2v) is 6.95. The average Bonchev–Trinajstić information content (AvgIpc) is 2.67. The molecule has 4 N–H and O–H groups in total. The lowest BCUT2D eigenvalue weighted by Crippen LogP contribution is -2.36. The predicted molar refractivity (Wildman–Crippen MR) is 112 cm³/mol. The minimum Gasteiger partial charge on any atom is -0.452 e. The SMILES string of the molecule is CC(=O)c1cccc(NC(=O)[C@H](C)OC(=O)C[C@@H](NC(N)=O)c2ccccc2Cl)c1. The minimum absolute atomic E-state index is 0.141. The smallest absolute Gasteiger partial charge is 0.312 e. The summed E-state index contributed by atoms with van der Waals surface area (Å²) in [7, 11) is 0. The van der Waals surface area contributed by atoms with Crippen molar-refractivity contribution in [3.63, 3.8) is 0 Å². The Morgan fingerprint density at radius 3 is 2.43 bits per heavy atom. The molecule has 0 spiro atoms. The van der Waals surface area contributed by atoms with Gasteiger partial charge in [-0.05, 0) is 37.6 Å². The highest BCUT2D eigenvalue weighted by Crippen LogP contribution is 2.25. The van der Waals surface area contributed by atoms with Crippen LogP contribution in [0.15, 0.2) is 48.5 Å². The van der Waals surface area contributed by atoms with Crippen molar-refractivity contribution in [1.29, 1.82) is 0 Å². The first-order valence-corrected chi connectivity index (χ1v) is 9.47. The highest BCUT2D eigenvalue weighted by Gasteiger charge is 2.24. The van der Waals surface area contributed by atoms with Gasteiger partial charge in [0.05, 0.1) is 12.5 Å². The molecule has 0 bridgehead atoms. The van der Waals surface area contributed by atoms with Gasteiger partial charge in [-0.3, -0.25) is 14.4 Å². The fourth-order valence-corrected chi connectivity index (χ4v) is 2.96. The number of rotatable bonds is 8. The Morgan fingerprint density at radius 1 is 1.10 bits per heavy atom. The Morgan fingerprint density at radius 2 is 1.80 bits per heavy atom. The van der Waals surface area contributed by atoms with Crippen LogP contribution in [0.3, 0.4) is 0 Å². The Labute approximate surface area is 178 Å². The van der Waals surface area contributed by atoms with E-state index in [0.29, 0.717) is 21.8 Å². The van der Waals surface area contributed by atoms with Crippen molar-refractivity contribution >= 4 is 41.0 Å². The number of carbonyl (C=O) groups is 4. The summed E-state index contributed by atoms with van der Waals surface area (Å²) in [4.78, 5) is 47.4. The van der Waals surface area contributed by atoms with E-state index in [2.05, 4.69) is 10.6 Å². The number of carbonyl (C=O) groups excluding carboxylic acids is 4. The molecule has 8 nitrogen and oxygen atoms in total. The number of ketones is 1. The lowest BCUT2D eigenvalue weighted by molar-refractivity contribution is -0.153. The molecule has 0 saturated heterocycles. The summed E-state index contributed by atoms with van der Waals surface area (Å²) in [5, 5.41) is 5.38. The Bertz CT molecular complexity index is 963. The van der Waals surface area contributed by atoms with E-state index in [0.717, 1.165) is 0 Å². The van der Waals surface area contributed by atoms with Crippen LogP contribution in [0.5, 0.6) is 0 Å². The van der Waals surface area contributed by atoms with Crippen molar-refractivity contribution in [2.24, 2.45) is 5.73 Å². The average molecular weight is 432 g/mol. The summed E-state index contributed by atoms with van der Waals surface area (Å²) in [6, 6.07) is 11.4. The predicted octanol–water partition coefficient (Wildman–Crippen LogP) is 3.21. The molecular formula is C21H22ClN3O5. The number of Topliss-reactive ketones (excluding diaryl/α,β-unsaturated/α-hetero) is 1. The lowest BCUT2D eigenvalue weighted by Gasteiger charge is -2.20. The molecule has 0 heterocycles. The maximum atomic E-state index is 12.3. The molecule has 3 amide bonds. The number of anilines is 1. The van der Waals surface area contributed by atoms with Gasteiger partial charge in [-0.2, -0.15) is 0 Å². The molecule has 2 aromatic carbocycles. The molecular weight excluding hydrogens is 410 g/mol. The second kappa shape index (κ2) is 10.4. The summed E-state index contributed by atoms with van der Waals surface area (Å²) in [6.45, 7) is 2.83. The molecule has 2 atom stereocenters. The Kier molecular flexibility index (Phi) is 7.94. The van der Waals surface area contributed by atoms with Crippen LogP contribution in [0.1, 0.15) is 42.2 Å². The van der Waals surface area contributed by atoms with Gasteiger partial charge in [0.25, 0.3) is 5.91 Å². The lowest BCUT2D eigenvalue weighted by atomic mass is 10.0. The summed E-state index contributed by atoms with van der Waals surface area (Å²) >= 11 is 6.13. The van der Waals surface area contributed by atoms with Gasteiger partial charge in [0, 0.05) is 16.3 Å². The fraction of sp³-hybridized carbons (Fsp3) is 0.238. The third-order valence-electron chi connectivity index (χ3n) is 4.18. The number of nitrogens with two attached hydrogens (primary N) is 1. The van der Waals surface area contributed by atoms with E-state index in [9.17, 15) is 19.2 Å². The largest absolute Gasteiger partial charge is 0.452 e. The number of primary amides is 1. The van der Waals surface area contributed by atoms with Gasteiger partial charge < -0.3 is 21.1 Å². The molecule has 0 unspecified atom stereocenters. The third kappa shape index (κ3) is 6.59. The van der Waals surface area contributed by atoms with Gasteiger partial charge in [0.2, 0.25) is 0 Å². The fourth-order valence-electron chi connectivity index (χ4n) is 2.69. The highest BCUT2D eigenvalue weighted by molar-refractivity contribution is 6.31. The zero-order valence-electron chi connectivity index (χ0n) is 16.5. The molecule has 2 rings (SSSR count). The number of hydrogen-bond donors (Lipinski definition) is 3. The molecule has 158 valence electrons. The standard InChI is InChI=1S/C21H22ClN3O5/c1-12(26)14-6-5-7-15(10-14)24-20(28)13(2)30-19(27)11-18(25-21(23)29)16-8-3-4-9-17(16)22/h3-10,13,18H,11H2,1-2H3,(H,24,28)(H3,23,25,29)/t13-,18+/m0/s1. The van der Waals surface area contributed by atoms with E-state index >= 15 is 0 Å². The number of amides is 3. The normalized spacial score (nSPS) is 12.4. The Balaban J connectivity index is 2.01. The molecule has 0 aliphatic carbocycles. The van der Waals surface area contributed by atoms with Crippen LogP contribution in [-0.4, -0.2) is 29.8 Å². The number of hydrogen-bond acceptors (Lipinski definition) is 5. The summed E-state index contributed by atoms with van der Waals surface area (Å²) in [6.07, 6.45) is -1.39. The van der Waals surface area contributed by atoms with Gasteiger partial charge in [0.1, 0.15) is 0 Å². The quantitative estimate of drug-likeness (QED) is 0.436. The van der Waals surface area contributed by atoms with Gasteiger partial charge in [-0.25, -0.2) is 4.79 Å². The highest BCUT2D eigenvalue weighted by atomic mass is 35.5. The molecule has 2 aromatic rings. The number of benzene rings is 2. The molecule has 0 aliphatic rings. The molecule has 0 radical (unpaired) electrons. The maximum Gasteiger partial charge on any atom is 0.312 e. The summed E-state index contributed by atoms with van der Waals surface area (Å²) < 4.78 is 5.18. The van der Waals surface area contributed by atoms with Crippen LogP contribution >= 0.6 is 11.6 Å².